The van der Waals surface area contributed by atoms with Crippen LogP contribution in [0.5, 0.6) is 0 Å². The van der Waals surface area contributed by atoms with E-state index in [0.29, 0.717) is 31.1 Å². The van der Waals surface area contributed by atoms with Crippen molar-refractivity contribution < 1.29 is 14.3 Å². The van der Waals surface area contributed by atoms with Crippen LogP contribution in [0.15, 0.2) is 0 Å². The Labute approximate surface area is 150 Å². The summed E-state index contributed by atoms with van der Waals surface area (Å²) >= 11 is 1.35. The molecule has 1 saturated heterocycles. The highest BCUT2D eigenvalue weighted by atomic mass is 32.1. The van der Waals surface area contributed by atoms with Crippen LogP contribution in [0, 0.1) is 13.8 Å². The third kappa shape index (κ3) is 3.46. The van der Waals surface area contributed by atoms with Gasteiger partial charge in [0.1, 0.15) is 16.3 Å². The highest BCUT2D eigenvalue weighted by Gasteiger charge is 2.30. The van der Waals surface area contributed by atoms with E-state index < -0.39 is 5.60 Å². The first-order chi connectivity index (χ1) is 11.7. The van der Waals surface area contributed by atoms with Crippen LogP contribution in [0.1, 0.15) is 42.0 Å². The van der Waals surface area contributed by atoms with E-state index in [-0.39, 0.29) is 12.0 Å². The normalized spacial score (nSPS) is 15.7. The van der Waals surface area contributed by atoms with E-state index in [9.17, 15) is 9.59 Å². The lowest BCUT2D eigenvalue weighted by atomic mass is 10.2. The van der Waals surface area contributed by atoms with E-state index in [1.807, 2.05) is 39.0 Å². The Hall–Kier alpha value is -2.16. The molecule has 9 heteroatoms. The number of aromatic nitrogens is 3. The fraction of sp³-hybridized carbons (Fsp3) is 0.625. The van der Waals surface area contributed by atoms with Gasteiger partial charge in [0.2, 0.25) is 4.96 Å². The van der Waals surface area contributed by atoms with Gasteiger partial charge in [0.15, 0.2) is 0 Å². The molecule has 0 aliphatic carbocycles. The molecule has 1 fully saturated rings. The summed E-state index contributed by atoms with van der Waals surface area (Å²) in [6.07, 6.45) is -0.327. The first-order valence-corrected chi connectivity index (χ1v) is 9.07. The second-order valence-corrected chi connectivity index (χ2v) is 8.12. The lowest BCUT2D eigenvalue weighted by Crippen LogP contribution is -2.51. The number of hydrogen-bond donors (Lipinski definition) is 0. The summed E-state index contributed by atoms with van der Waals surface area (Å²) in [5.41, 5.74) is 0.348. The number of fused-ring (bicyclic) bond motifs is 1. The van der Waals surface area contributed by atoms with Crippen molar-refractivity contribution in [3.8, 4) is 0 Å². The SMILES string of the molecule is Cc1nnc2sc(C(=O)N3CCN(C(=O)OC(C)(C)C)CC3)c(C)n12. The van der Waals surface area contributed by atoms with Crippen LogP contribution in [0.4, 0.5) is 4.79 Å². The summed E-state index contributed by atoms with van der Waals surface area (Å²) in [5.74, 6) is 0.758. The largest absolute Gasteiger partial charge is 0.444 e. The summed E-state index contributed by atoms with van der Waals surface area (Å²) in [5, 5.41) is 8.12. The van der Waals surface area contributed by atoms with Crippen molar-refractivity contribution in [1.82, 2.24) is 24.4 Å². The van der Waals surface area contributed by atoms with Crippen molar-refractivity contribution in [2.75, 3.05) is 26.2 Å². The summed E-state index contributed by atoms with van der Waals surface area (Å²) in [6.45, 7) is 11.2. The van der Waals surface area contributed by atoms with Crippen molar-refractivity contribution in [1.29, 1.82) is 0 Å². The average molecular weight is 365 g/mol. The van der Waals surface area contributed by atoms with Crippen LogP contribution < -0.4 is 0 Å². The first kappa shape index (κ1) is 17.7. The van der Waals surface area contributed by atoms with Crippen LogP contribution in [0.2, 0.25) is 0 Å². The second kappa shape index (κ2) is 6.29. The second-order valence-electron chi connectivity index (χ2n) is 7.14. The predicted octanol–water partition coefficient (Wildman–Crippen LogP) is 2.10. The van der Waals surface area contributed by atoms with E-state index in [0.717, 1.165) is 16.5 Å². The van der Waals surface area contributed by atoms with Gasteiger partial charge in [-0.05, 0) is 34.6 Å². The molecular formula is C16H23N5O3S. The van der Waals surface area contributed by atoms with Crippen LogP contribution in [0.3, 0.4) is 0 Å². The summed E-state index contributed by atoms with van der Waals surface area (Å²) in [4.78, 5) is 29.8. The Bertz CT molecular complexity index is 812. The van der Waals surface area contributed by atoms with Gasteiger partial charge >= 0.3 is 6.09 Å². The molecule has 3 heterocycles. The topological polar surface area (TPSA) is 80.0 Å². The number of rotatable bonds is 1. The van der Waals surface area contributed by atoms with Gasteiger partial charge in [-0.1, -0.05) is 11.3 Å². The molecule has 2 amide bonds. The number of amides is 2. The maximum atomic E-state index is 12.8. The molecule has 2 aromatic heterocycles. The Morgan fingerprint density at radius 2 is 1.64 bits per heavy atom. The number of hydrogen-bond acceptors (Lipinski definition) is 6. The van der Waals surface area contributed by atoms with Crippen molar-refractivity contribution in [3.63, 3.8) is 0 Å². The molecule has 1 aliphatic rings. The molecule has 25 heavy (non-hydrogen) atoms. The third-order valence-electron chi connectivity index (χ3n) is 4.07. The van der Waals surface area contributed by atoms with Gasteiger partial charge in [-0.15, -0.1) is 10.2 Å². The maximum absolute atomic E-state index is 12.8. The monoisotopic (exact) mass is 365 g/mol. The standard InChI is InChI=1S/C16H23N5O3S/c1-10-12(25-14-18-17-11(2)21(10)14)13(22)19-6-8-20(9-7-19)15(23)24-16(3,4)5/h6-9H2,1-5H3. The van der Waals surface area contributed by atoms with Gasteiger partial charge in [-0.2, -0.15) is 0 Å². The molecule has 0 unspecified atom stereocenters. The molecule has 0 saturated carbocycles. The Morgan fingerprint density at radius 3 is 2.20 bits per heavy atom. The number of piperazine rings is 1. The van der Waals surface area contributed by atoms with Crippen LogP contribution in [0.25, 0.3) is 4.96 Å². The number of aryl methyl sites for hydroxylation is 2. The Balaban J connectivity index is 1.67. The molecular weight excluding hydrogens is 342 g/mol. The molecule has 2 aromatic rings. The quantitative estimate of drug-likeness (QED) is 0.773. The molecule has 0 atom stereocenters. The predicted molar refractivity (Wildman–Crippen MR) is 94.0 cm³/mol. The van der Waals surface area contributed by atoms with Crippen LogP contribution in [-0.4, -0.2) is 68.2 Å². The molecule has 0 radical (unpaired) electrons. The molecule has 1 aliphatic heterocycles. The Kier molecular flexibility index (Phi) is 4.44. The molecule has 0 spiro atoms. The van der Waals surface area contributed by atoms with Crippen LogP contribution in [-0.2, 0) is 4.74 Å². The van der Waals surface area contributed by atoms with Gasteiger partial charge in [-0.25, -0.2) is 4.79 Å². The van der Waals surface area contributed by atoms with Crippen molar-refractivity contribution in [2.24, 2.45) is 0 Å². The molecule has 136 valence electrons. The van der Waals surface area contributed by atoms with E-state index in [1.165, 1.54) is 11.3 Å². The first-order valence-electron chi connectivity index (χ1n) is 8.25. The lowest BCUT2D eigenvalue weighted by Gasteiger charge is -2.35. The van der Waals surface area contributed by atoms with Crippen molar-refractivity contribution >= 4 is 28.3 Å². The molecule has 8 nitrogen and oxygen atoms in total. The highest BCUT2D eigenvalue weighted by molar-refractivity contribution is 7.19. The minimum absolute atomic E-state index is 0.0174. The summed E-state index contributed by atoms with van der Waals surface area (Å²) < 4.78 is 7.28. The van der Waals surface area contributed by atoms with E-state index in [4.69, 9.17) is 4.74 Å². The van der Waals surface area contributed by atoms with Crippen molar-refractivity contribution in [2.45, 2.75) is 40.2 Å². The van der Waals surface area contributed by atoms with Gasteiger partial charge in [-0.3, -0.25) is 9.20 Å². The smallest absolute Gasteiger partial charge is 0.410 e. The number of thiazole rings is 1. The minimum Gasteiger partial charge on any atom is -0.444 e. The highest BCUT2D eigenvalue weighted by Crippen LogP contribution is 2.24. The minimum atomic E-state index is -0.515. The lowest BCUT2D eigenvalue weighted by molar-refractivity contribution is 0.0141. The number of carbonyl (C=O) groups excluding carboxylic acids is 2. The maximum Gasteiger partial charge on any atom is 0.410 e. The Morgan fingerprint density at radius 1 is 1.04 bits per heavy atom. The number of carbonyl (C=O) groups is 2. The molecule has 0 N–H and O–H groups in total. The zero-order valence-electron chi connectivity index (χ0n) is 15.2. The number of nitrogens with zero attached hydrogens (tertiary/aromatic N) is 5. The molecule has 0 bridgehead atoms. The van der Waals surface area contributed by atoms with Gasteiger partial charge in [0.05, 0.1) is 0 Å². The van der Waals surface area contributed by atoms with Crippen LogP contribution >= 0.6 is 11.3 Å². The number of ether oxygens (including phenoxy) is 1. The fourth-order valence-corrected chi connectivity index (χ4v) is 3.90. The van der Waals surface area contributed by atoms with E-state index in [2.05, 4.69) is 10.2 Å². The zero-order chi connectivity index (χ0) is 18.4. The van der Waals surface area contributed by atoms with Gasteiger partial charge in [0.25, 0.3) is 5.91 Å². The van der Waals surface area contributed by atoms with E-state index in [1.54, 1.807) is 9.80 Å². The summed E-state index contributed by atoms with van der Waals surface area (Å²) in [6, 6.07) is 0. The van der Waals surface area contributed by atoms with E-state index >= 15 is 0 Å². The third-order valence-corrected chi connectivity index (χ3v) is 5.19. The van der Waals surface area contributed by atoms with Crippen molar-refractivity contribution in [3.05, 3.63) is 16.4 Å². The summed E-state index contributed by atoms with van der Waals surface area (Å²) in [7, 11) is 0. The molecule has 3 rings (SSSR count). The average Bonchev–Trinajstić information content (AvgIpc) is 3.06. The van der Waals surface area contributed by atoms with Gasteiger partial charge in [0, 0.05) is 31.9 Å². The zero-order valence-corrected chi connectivity index (χ0v) is 16.0. The van der Waals surface area contributed by atoms with Gasteiger partial charge < -0.3 is 14.5 Å². The molecule has 0 aromatic carbocycles. The fourth-order valence-electron chi connectivity index (χ4n) is 2.82.